The second kappa shape index (κ2) is 7.68. The summed E-state index contributed by atoms with van der Waals surface area (Å²) < 4.78 is 0. The molecular weight excluding hydrogens is 356 g/mol. The molecule has 1 atom stereocenters. The summed E-state index contributed by atoms with van der Waals surface area (Å²) in [6, 6.07) is 25.1. The molecule has 0 fully saturated rings. The van der Waals surface area contributed by atoms with Crippen molar-refractivity contribution in [2.24, 2.45) is 0 Å². The molecule has 27 heavy (non-hydrogen) atoms. The third-order valence-corrected chi connectivity index (χ3v) is 5.60. The molecule has 4 nitrogen and oxygen atoms in total. The van der Waals surface area contributed by atoms with Crippen molar-refractivity contribution in [3.8, 4) is 0 Å². The van der Waals surface area contributed by atoms with Crippen LogP contribution in [-0.4, -0.2) is 11.8 Å². The second-order valence-corrected chi connectivity index (χ2v) is 7.49. The first-order valence-electron chi connectivity index (χ1n) is 8.69. The Morgan fingerprint density at radius 3 is 2.41 bits per heavy atom. The Bertz CT molecular complexity index is 974. The number of benzene rings is 3. The number of nitrogens with one attached hydrogen (secondary N) is 2. The van der Waals surface area contributed by atoms with E-state index in [1.54, 1.807) is 0 Å². The molecular formula is C22H18N2O2S. The molecule has 1 aliphatic rings. The minimum Gasteiger partial charge on any atom is -0.326 e. The summed E-state index contributed by atoms with van der Waals surface area (Å²) in [6.45, 7) is 0. The van der Waals surface area contributed by atoms with Gasteiger partial charge in [-0.3, -0.25) is 9.59 Å². The predicted molar refractivity (Wildman–Crippen MR) is 109 cm³/mol. The van der Waals surface area contributed by atoms with Crippen molar-refractivity contribution in [1.82, 2.24) is 0 Å². The number of carbonyl (C=O) groups is 2. The van der Waals surface area contributed by atoms with Crippen LogP contribution >= 0.6 is 11.8 Å². The fourth-order valence-corrected chi connectivity index (χ4v) is 4.10. The highest BCUT2D eigenvalue weighted by molar-refractivity contribution is 8.00. The lowest BCUT2D eigenvalue weighted by atomic mass is 10.1. The molecule has 134 valence electrons. The second-order valence-electron chi connectivity index (χ2n) is 6.31. The Kier molecular flexibility index (Phi) is 4.94. The summed E-state index contributed by atoms with van der Waals surface area (Å²) in [4.78, 5) is 25.6. The summed E-state index contributed by atoms with van der Waals surface area (Å²) in [5.74, 6) is -0.109. The van der Waals surface area contributed by atoms with Crippen molar-refractivity contribution in [3.05, 3.63) is 90.0 Å². The van der Waals surface area contributed by atoms with Gasteiger partial charge in [0.25, 0.3) is 0 Å². The van der Waals surface area contributed by atoms with Crippen molar-refractivity contribution < 1.29 is 9.59 Å². The molecule has 4 rings (SSSR count). The molecule has 0 aromatic heterocycles. The third kappa shape index (κ3) is 4.04. The summed E-state index contributed by atoms with van der Waals surface area (Å²) in [5, 5.41) is 5.44. The van der Waals surface area contributed by atoms with E-state index < -0.39 is 0 Å². The van der Waals surface area contributed by atoms with Crippen molar-refractivity contribution >= 4 is 35.0 Å². The minimum atomic E-state index is -0.374. The molecule has 0 saturated carbocycles. The maximum atomic E-state index is 13.1. The van der Waals surface area contributed by atoms with Gasteiger partial charge in [0.2, 0.25) is 11.8 Å². The average Bonchev–Trinajstić information content (AvgIpc) is 3.07. The zero-order valence-corrected chi connectivity index (χ0v) is 15.3. The molecule has 2 N–H and O–H groups in total. The molecule has 1 heterocycles. The van der Waals surface area contributed by atoms with Crippen LogP contribution < -0.4 is 10.6 Å². The van der Waals surface area contributed by atoms with Crippen LogP contribution in [0.15, 0.2) is 83.8 Å². The summed E-state index contributed by atoms with van der Waals surface area (Å²) in [5.41, 5.74) is 3.37. The predicted octanol–water partition coefficient (Wildman–Crippen LogP) is 4.65. The Hall–Kier alpha value is -3.05. The molecule has 3 aromatic rings. The zero-order chi connectivity index (χ0) is 18.6. The van der Waals surface area contributed by atoms with E-state index in [0.29, 0.717) is 12.1 Å². The molecule has 0 aliphatic carbocycles. The van der Waals surface area contributed by atoms with Gasteiger partial charge in [-0.2, -0.15) is 0 Å². The lowest BCUT2D eigenvalue weighted by molar-refractivity contribution is -0.116. The van der Waals surface area contributed by atoms with Crippen molar-refractivity contribution in [2.75, 3.05) is 10.6 Å². The fraction of sp³-hybridized carbons (Fsp3) is 0.0909. The van der Waals surface area contributed by atoms with E-state index in [4.69, 9.17) is 0 Å². The van der Waals surface area contributed by atoms with Gasteiger partial charge in [0.1, 0.15) is 5.25 Å². The normalized spacial score (nSPS) is 13.6. The first-order valence-corrected chi connectivity index (χ1v) is 9.57. The zero-order valence-electron chi connectivity index (χ0n) is 14.5. The van der Waals surface area contributed by atoms with E-state index in [2.05, 4.69) is 10.6 Å². The van der Waals surface area contributed by atoms with Gasteiger partial charge in [-0.25, -0.2) is 0 Å². The Morgan fingerprint density at radius 2 is 1.67 bits per heavy atom. The number of hydrogen-bond donors (Lipinski definition) is 2. The van der Waals surface area contributed by atoms with E-state index in [1.165, 1.54) is 11.8 Å². The fourth-order valence-electron chi connectivity index (χ4n) is 3.05. The molecule has 3 aromatic carbocycles. The molecule has 5 heteroatoms. The molecule has 0 spiro atoms. The number of amides is 2. The first-order chi connectivity index (χ1) is 13.2. The summed E-state index contributed by atoms with van der Waals surface area (Å²) in [6.07, 6.45) is 0.347. The topological polar surface area (TPSA) is 58.2 Å². The number of hydrogen-bond acceptors (Lipinski definition) is 3. The van der Waals surface area contributed by atoms with Gasteiger partial charge in [0.05, 0.1) is 6.42 Å². The van der Waals surface area contributed by atoms with Crippen LogP contribution in [0.4, 0.5) is 11.4 Å². The average molecular weight is 374 g/mol. The SMILES string of the molecule is O=C1Cc2cc(NC(=O)C(Sc3ccccc3)c3ccccc3)ccc2N1. The Morgan fingerprint density at radius 1 is 0.963 bits per heavy atom. The lowest BCUT2D eigenvalue weighted by Gasteiger charge is -2.17. The van der Waals surface area contributed by atoms with Gasteiger partial charge < -0.3 is 10.6 Å². The maximum absolute atomic E-state index is 13.1. The molecule has 0 bridgehead atoms. The van der Waals surface area contributed by atoms with Gasteiger partial charge in [0.15, 0.2) is 0 Å². The van der Waals surface area contributed by atoms with Crippen molar-refractivity contribution in [2.45, 2.75) is 16.6 Å². The molecule has 1 unspecified atom stereocenters. The molecule has 2 amide bonds. The van der Waals surface area contributed by atoms with Gasteiger partial charge in [-0.05, 0) is 41.5 Å². The number of fused-ring (bicyclic) bond motifs is 1. The highest BCUT2D eigenvalue weighted by Gasteiger charge is 2.23. The maximum Gasteiger partial charge on any atom is 0.242 e. The van der Waals surface area contributed by atoms with E-state index in [9.17, 15) is 9.59 Å². The van der Waals surface area contributed by atoms with E-state index in [-0.39, 0.29) is 17.1 Å². The first kappa shape index (κ1) is 17.4. The highest BCUT2D eigenvalue weighted by atomic mass is 32.2. The van der Waals surface area contributed by atoms with Gasteiger partial charge in [-0.1, -0.05) is 48.5 Å². The molecule has 0 saturated heterocycles. The standard InChI is InChI=1S/C22H18N2O2S/c25-20-14-16-13-17(11-12-19(16)24-20)23-22(26)21(15-7-3-1-4-8-15)27-18-9-5-2-6-10-18/h1-13,21H,14H2,(H,23,26)(H,24,25). The van der Waals surface area contributed by atoms with Gasteiger partial charge in [-0.15, -0.1) is 11.8 Å². The molecule has 0 radical (unpaired) electrons. The number of anilines is 2. The van der Waals surface area contributed by atoms with Crippen LogP contribution in [0, 0.1) is 0 Å². The number of rotatable bonds is 5. The van der Waals surface area contributed by atoms with Gasteiger partial charge >= 0.3 is 0 Å². The van der Waals surface area contributed by atoms with Crippen LogP contribution in [0.5, 0.6) is 0 Å². The van der Waals surface area contributed by atoms with E-state index in [0.717, 1.165) is 21.7 Å². The van der Waals surface area contributed by atoms with Crippen LogP contribution in [-0.2, 0) is 16.0 Å². The Balaban J connectivity index is 1.57. The van der Waals surface area contributed by atoms with Crippen LogP contribution in [0.2, 0.25) is 0 Å². The van der Waals surface area contributed by atoms with Crippen LogP contribution in [0.1, 0.15) is 16.4 Å². The molecule has 1 aliphatic heterocycles. The smallest absolute Gasteiger partial charge is 0.242 e. The lowest BCUT2D eigenvalue weighted by Crippen LogP contribution is -2.19. The summed E-state index contributed by atoms with van der Waals surface area (Å²) in [7, 11) is 0. The van der Waals surface area contributed by atoms with Crippen LogP contribution in [0.25, 0.3) is 0 Å². The van der Waals surface area contributed by atoms with Crippen LogP contribution in [0.3, 0.4) is 0 Å². The summed E-state index contributed by atoms with van der Waals surface area (Å²) >= 11 is 1.52. The number of carbonyl (C=O) groups excluding carboxylic acids is 2. The van der Waals surface area contributed by atoms with Gasteiger partial charge in [0, 0.05) is 16.3 Å². The monoisotopic (exact) mass is 374 g/mol. The van der Waals surface area contributed by atoms with Crippen molar-refractivity contribution in [1.29, 1.82) is 0 Å². The van der Waals surface area contributed by atoms with Crippen molar-refractivity contribution in [3.63, 3.8) is 0 Å². The Labute approximate surface area is 162 Å². The number of thioether (sulfide) groups is 1. The quantitative estimate of drug-likeness (QED) is 0.639. The minimum absolute atomic E-state index is 0.0183. The third-order valence-electron chi connectivity index (χ3n) is 4.34. The van der Waals surface area contributed by atoms with E-state index in [1.807, 2.05) is 78.9 Å². The highest BCUT2D eigenvalue weighted by Crippen LogP contribution is 2.36. The largest absolute Gasteiger partial charge is 0.326 e. The van der Waals surface area contributed by atoms with E-state index >= 15 is 0 Å².